The first-order valence-corrected chi connectivity index (χ1v) is 11.5. The predicted molar refractivity (Wildman–Crippen MR) is 137 cm³/mol. The highest BCUT2D eigenvalue weighted by atomic mass is 16.5. The molecule has 1 amide bonds. The summed E-state index contributed by atoms with van der Waals surface area (Å²) < 4.78 is 16.8. The maximum absolute atomic E-state index is 12.7. The van der Waals surface area contributed by atoms with Crippen LogP contribution in [-0.4, -0.2) is 25.0 Å². The molecule has 0 saturated heterocycles. The summed E-state index contributed by atoms with van der Waals surface area (Å²) in [4.78, 5) is 14.9. The Morgan fingerprint density at radius 1 is 0.800 bits per heavy atom. The van der Waals surface area contributed by atoms with E-state index in [1.165, 1.54) is 5.56 Å². The van der Waals surface area contributed by atoms with Gasteiger partial charge in [-0.15, -0.1) is 0 Å². The van der Waals surface area contributed by atoms with E-state index in [2.05, 4.69) is 22.3 Å². The molecule has 6 heteroatoms. The zero-order chi connectivity index (χ0) is 24.6. The third-order valence-electron chi connectivity index (χ3n) is 5.68. The number of hydrogen-bond acceptors (Lipinski definition) is 5. The zero-order valence-electron chi connectivity index (χ0n) is 20.3. The van der Waals surface area contributed by atoms with Crippen molar-refractivity contribution >= 4 is 11.6 Å². The molecule has 1 N–H and O–H groups in total. The molecule has 0 bridgehead atoms. The molecule has 3 aromatic carbocycles. The standard InChI is InChI=1S/C29H30N2O4/c1-21-9-12-24(13-10-21)30-29(32)27-16-14-25(35-27)20-31(18-22-7-5-4-6-8-22)19-23-11-15-26(33-2)28(17-23)34-3/h4-17H,18-20H2,1-3H3,(H,30,32). The molecular weight excluding hydrogens is 440 g/mol. The van der Waals surface area contributed by atoms with Crippen LogP contribution in [0.5, 0.6) is 11.5 Å². The molecule has 0 fully saturated rings. The first kappa shape index (κ1) is 24.1. The van der Waals surface area contributed by atoms with Gasteiger partial charge in [0.15, 0.2) is 17.3 Å². The first-order chi connectivity index (χ1) is 17.0. The number of benzene rings is 3. The summed E-state index contributed by atoms with van der Waals surface area (Å²) in [5.41, 5.74) is 4.15. The molecular formula is C29H30N2O4. The summed E-state index contributed by atoms with van der Waals surface area (Å²) in [6.07, 6.45) is 0. The molecule has 6 nitrogen and oxygen atoms in total. The number of furan rings is 1. The average Bonchev–Trinajstić information content (AvgIpc) is 3.34. The van der Waals surface area contributed by atoms with Crippen LogP contribution in [0.3, 0.4) is 0 Å². The average molecular weight is 471 g/mol. The van der Waals surface area contributed by atoms with Gasteiger partial charge in [-0.05, 0) is 54.4 Å². The Bertz CT molecular complexity index is 1250. The summed E-state index contributed by atoms with van der Waals surface area (Å²) in [6, 6.07) is 27.4. The predicted octanol–water partition coefficient (Wildman–Crippen LogP) is 6.06. The number of nitrogens with zero attached hydrogens (tertiary/aromatic N) is 1. The lowest BCUT2D eigenvalue weighted by Crippen LogP contribution is -2.22. The van der Waals surface area contributed by atoms with Crippen molar-refractivity contribution in [1.82, 2.24) is 4.90 Å². The third-order valence-corrected chi connectivity index (χ3v) is 5.68. The monoisotopic (exact) mass is 470 g/mol. The summed E-state index contributed by atoms with van der Waals surface area (Å²) in [5, 5.41) is 2.88. The number of methoxy groups -OCH3 is 2. The number of nitrogens with one attached hydrogen (secondary N) is 1. The number of rotatable bonds is 10. The number of ether oxygens (including phenoxy) is 2. The maximum Gasteiger partial charge on any atom is 0.291 e. The van der Waals surface area contributed by atoms with Gasteiger partial charge in [0.25, 0.3) is 5.91 Å². The molecule has 0 aliphatic rings. The second-order valence-corrected chi connectivity index (χ2v) is 8.41. The molecule has 35 heavy (non-hydrogen) atoms. The van der Waals surface area contributed by atoms with E-state index in [0.717, 1.165) is 29.1 Å². The topological polar surface area (TPSA) is 63.9 Å². The van der Waals surface area contributed by atoms with Crippen LogP contribution >= 0.6 is 0 Å². The number of amides is 1. The zero-order valence-corrected chi connectivity index (χ0v) is 20.3. The van der Waals surface area contributed by atoms with Crippen molar-refractivity contribution in [3.05, 3.63) is 113 Å². The molecule has 0 aliphatic carbocycles. The van der Waals surface area contributed by atoms with Crippen LogP contribution in [0.2, 0.25) is 0 Å². The molecule has 0 spiro atoms. The minimum absolute atomic E-state index is 0.269. The van der Waals surface area contributed by atoms with Crippen molar-refractivity contribution in [3.63, 3.8) is 0 Å². The van der Waals surface area contributed by atoms with Crippen molar-refractivity contribution < 1.29 is 18.7 Å². The molecule has 1 heterocycles. The van der Waals surface area contributed by atoms with Crippen molar-refractivity contribution in [2.45, 2.75) is 26.6 Å². The SMILES string of the molecule is COc1ccc(CN(Cc2ccccc2)Cc2ccc(C(=O)Nc3ccc(C)cc3)o2)cc1OC. The van der Waals surface area contributed by atoms with E-state index in [0.29, 0.717) is 24.6 Å². The molecule has 0 radical (unpaired) electrons. The van der Waals surface area contributed by atoms with Crippen molar-refractivity contribution in [3.8, 4) is 11.5 Å². The van der Waals surface area contributed by atoms with Gasteiger partial charge in [-0.25, -0.2) is 0 Å². The Kier molecular flexibility index (Phi) is 7.85. The maximum atomic E-state index is 12.7. The normalized spacial score (nSPS) is 10.9. The molecule has 0 atom stereocenters. The molecule has 4 rings (SSSR count). The van der Waals surface area contributed by atoms with Gasteiger partial charge in [-0.2, -0.15) is 0 Å². The van der Waals surface area contributed by atoms with Crippen LogP contribution in [-0.2, 0) is 19.6 Å². The Labute approximate surface area is 206 Å². The van der Waals surface area contributed by atoms with E-state index in [-0.39, 0.29) is 11.7 Å². The van der Waals surface area contributed by atoms with Crippen LogP contribution in [0.4, 0.5) is 5.69 Å². The summed E-state index contributed by atoms with van der Waals surface area (Å²) in [7, 11) is 3.26. The van der Waals surface area contributed by atoms with E-state index in [1.54, 1.807) is 20.3 Å². The Morgan fingerprint density at radius 3 is 2.23 bits per heavy atom. The van der Waals surface area contributed by atoms with E-state index < -0.39 is 0 Å². The molecule has 0 aliphatic heterocycles. The van der Waals surface area contributed by atoms with Gasteiger partial charge in [-0.1, -0.05) is 54.1 Å². The van der Waals surface area contributed by atoms with E-state index in [9.17, 15) is 4.79 Å². The Morgan fingerprint density at radius 2 is 1.51 bits per heavy atom. The largest absolute Gasteiger partial charge is 0.493 e. The van der Waals surface area contributed by atoms with E-state index in [1.807, 2.05) is 73.7 Å². The van der Waals surface area contributed by atoms with Crippen molar-refractivity contribution in [1.29, 1.82) is 0 Å². The lowest BCUT2D eigenvalue weighted by atomic mass is 10.1. The van der Waals surface area contributed by atoms with Gasteiger partial charge in [-0.3, -0.25) is 9.69 Å². The van der Waals surface area contributed by atoms with Crippen LogP contribution < -0.4 is 14.8 Å². The van der Waals surface area contributed by atoms with Crippen molar-refractivity contribution in [2.75, 3.05) is 19.5 Å². The molecule has 0 unspecified atom stereocenters. The van der Waals surface area contributed by atoms with Crippen LogP contribution in [0.1, 0.15) is 33.0 Å². The lowest BCUT2D eigenvalue weighted by molar-refractivity contribution is 0.0992. The van der Waals surface area contributed by atoms with Gasteiger partial charge in [0, 0.05) is 18.8 Å². The Hall–Kier alpha value is -4.03. The number of anilines is 1. The first-order valence-electron chi connectivity index (χ1n) is 11.5. The smallest absolute Gasteiger partial charge is 0.291 e. The van der Waals surface area contributed by atoms with Crippen LogP contribution in [0.15, 0.2) is 89.3 Å². The van der Waals surface area contributed by atoms with Gasteiger partial charge in [0.05, 0.1) is 20.8 Å². The van der Waals surface area contributed by atoms with Gasteiger partial charge >= 0.3 is 0 Å². The number of carbonyl (C=O) groups is 1. The number of carbonyl (C=O) groups excluding carboxylic acids is 1. The number of aryl methyl sites for hydroxylation is 1. The molecule has 0 saturated carbocycles. The minimum Gasteiger partial charge on any atom is -0.493 e. The van der Waals surface area contributed by atoms with Crippen LogP contribution in [0, 0.1) is 6.92 Å². The fourth-order valence-corrected chi connectivity index (χ4v) is 3.88. The van der Waals surface area contributed by atoms with E-state index >= 15 is 0 Å². The summed E-state index contributed by atoms with van der Waals surface area (Å²) in [5.74, 6) is 2.12. The highest BCUT2D eigenvalue weighted by molar-refractivity contribution is 6.02. The van der Waals surface area contributed by atoms with Crippen molar-refractivity contribution in [2.24, 2.45) is 0 Å². The second kappa shape index (κ2) is 11.4. The lowest BCUT2D eigenvalue weighted by Gasteiger charge is -2.22. The molecule has 180 valence electrons. The van der Waals surface area contributed by atoms with Gasteiger partial charge in [0.2, 0.25) is 0 Å². The Balaban J connectivity index is 1.49. The summed E-state index contributed by atoms with van der Waals surface area (Å²) >= 11 is 0. The highest BCUT2D eigenvalue weighted by Gasteiger charge is 2.16. The fraction of sp³-hybridized carbons (Fsp3) is 0.207. The van der Waals surface area contributed by atoms with E-state index in [4.69, 9.17) is 13.9 Å². The third kappa shape index (κ3) is 6.52. The quantitative estimate of drug-likeness (QED) is 0.305. The van der Waals surface area contributed by atoms with Gasteiger partial charge in [0.1, 0.15) is 5.76 Å². The summed E-state index contributed by atoms with van der Waals surface area (Å²) in [6.45, 7) is 3.94. The second-order valence-electron chi connectivity index (χ2n) is 8.41. The highest BCUT2D eigenvalue weighted by Crippen LogP contribution is 2.28. The minimum atomic E-state index is -0.269. The molecule has 1 aromatic heterocycles. The van der Waals surface area contributed by atoms with Crippen LogP contribution in [0.25, 0.3) is 0 Å². The van der Waals surface area contributed by atoms with Gasteiger partial charge < -0.3 is 19.2 Å². The fourth-order valence-electron chi connectivity index (χ4n) is 3.88. The molecule has 4 aromatic rings. The number of hydrogen-bond donors (Lipinski definition) is 1.